The van der Waals surface area contributed by atoms with Crippen molar-refractivity contribution in [2.75, 3.05) is 52.4 Å². The maximum Gasteiger partial charge on any atom is 0.460 e. The highest BCUT2D eigenvalue weighted by atomic mass is 32.2. The molecule has 2 rings (SSSR count). The van der Waals surface area contributed by atoms with E-state index in [1.165, 1.54) is 0 Å². The van der Waals surface area contributed by atoms with Crippen molar-refractivity contribution in [3.63, 3.8) is 0 Å². The van der Waals surface area contributed by atoms with Gasteiger partial charge in [-0.3, -0.25) is 9.59 Å². The Bertz CT molecular complexity index is 1420. The SMILES string of the molecule is O=C(CCCCC(=O)N1CCN(S(=O)(=O)C(F)(F)C(F)(F)C(F)(F)C(F)(F)F)CC1)N1CCN(S(=O)(=O)C(F)(F)C(F)(F)C(F)(F)C(F)(F)F)CC1. The van der Waals surface area contributed by atoms with Crippen LogP contribution in [0.15, 0.2) is 0 Å². The summed E-state index contributed by atoms with van der Waals surface area (Å²) < 4.78 is 284. The number of alkyl halides is 18. The van der Waals surface area contributed by atoms with Crippen molar-refractivity contribution in [1.29, 1.82) is 0 Å². The molecule has 306 valence electrons. The Morgan fingerprint density at radius 2 is 0.635 bits per heavy atom. The number of rotatable bonds is 13. The zero-order valence-electron chi connectivity index (χ0n) is 25.3. The van der Waals surface area contributed by atoms with Gasteiger partial charge in [-0.1, -0.05) is 0 Å². The Morgan fingerprint density at radius 1 is 0.404 bits per heavy atom. The molecule has 0 aromatic carbocycles. The Morgan fingerprint density at radius 3 is 0.846 bits per heavy atom. The van der Waals surface area contributed by atoms with Crippen LogP contribution in [0, 0.1) is 0 Å². The van der Waals surface area contributed by atoms with E-state index in [9.17, 15) is 105 Å². The molecule has 0 unspecified atom stereocenters. The number of hydrogen-bond donors (Lipinski definition) is 0. The van der Waals surface area contributed by atoms with Gasteiger partial charge in [-0.25, -0.2) is 16.8 Å². The molecular formula is C22H24F18N4O6S2. The summed E-state index contributed by atoms with van der Waals surface area (Å²) in [5.74, 6) is -31.6. The molecule has 2 aliphatic rings. The summed E-state index contributed by atoms with van der Waals surface area (Å²) in [6, 6.07) is 0. The molecule has 0 atom stereocenters. The summed E-state index contributed by atoms with van der Waals surface area (Å²) in [6.45, 7) is -8.31. The van der Waals surface area contributed by atoms with Crippen LogP contribution >= 0.6 is 0 Å². The van der Waals surface area contributed by atoms with Gasteiger partial charge in [0.1, 0.15) is 0 Å². The standard InChI is InChI=1S/C22H24F18N4O6S2/c23-15(24,19(31,32)33)17(27,28)21(37,38)51(47,48)43-9-5-41(6-10-43)13(45)3-1-2-4-14(46)42-7-11-44(12-8-42)52(49,50)22(39,40)18(29,30)16(25,26)20(34,35)36/h1-12H2. The molecule has 2 saturated heterocycles. The summed E-state index contributed by atoms with van der Waals surface area (Å²) in [5, 5.41) is -13.9. The first-order valence-electron chi connectivity index (χ1n) is 13.9. The van der Waals surface area contributed by atoms with Crippen molar-refractivity contribution in [3.05, 3.63) is 0 Å². The molecule has 0 N–H and O–H groups in total. The Kier molecular flexibility index (Phi) is 12.5. The lowest BCUT2D eigenvalue weighted by Gasteiger charge is -2.39. The highest BCUT2D eigenvalue weighted by molar-refractivity contribution is 7.90. The van der Waals surface area contributed by atoms with Crippen molar-refractivity contribution in [2.24, 2.45) is 0 Å². The topological polar surface area (TPSA) is 115 Å². The van der Waals surface area contributed by atoms with Crippen LogP contribution in [0.4, 0.5) is 79.0 Å². The lowest BCUT2D eigenvalue weighted by Crippen LogP contribution is -2.66. The smallest absolute Gasteiger partial charge is 0.340 e. The molecule has 0 bridgehead atoms. The summed E-state index contributed by atoms with van der Waals surface area (Å²) in [4.78, 5) is 26.3. The monoisotopic (exact) mass is 846 g/mol. The summed E-state index contributed by atoms with van der Waals surface area (Å²) >= 11 is 0. The second-order valence-electron chi connectivity index (χ2n) is 11.1. The van der Waals surface area contributed by atoms with E-state index < -0.39 is 152 Å². The number of sulfonamides is 2. The molecule has 2 amide bonds. The zero-order chi connectivity index (χ0) is 40.9. The predicted molar refractivity (Wildman–Crippen MR) is 134 cm³/mol. The molecule has 30 heteroatoms. The fourth-order valence-electron chi connectivity index (χ4n) is 4.59. The maximum atomic E-state index is 14.1. The first-order chi connectivity index (χ1) is 23.0. The maximum absolute atomic E-state index is 14.1. The van der Waals surface area contributed by atoms with Gasteiger partial charge in [0.25, 0.3) is 20.0 Å². The molecular weight excluding hydrogens is 822 g/mol. The number of halogens is 18. The summed E-state index contributed by atoms with van der Waals surface area (Å²) in [7, 11) is -13.8. The molecule has 0 aliphatic carbocycles. The molecule has 2 heterocycles. The van der Waals surface area contributed by atoms with Gasteiger partial charge in [0, 0.05) is 65.2 Å². The third kappa shape index (κ3) is 7.57. The number of amides is 2. The molecule has 2 fully saturated rings. The van der Waals surface area contributed by atoms with Gasteiger partial charge < -0.3 is 9.80 Å². The lowest BCUT2D eigenvalue weighted by atomic mass is 10.1. The van der Waals surface area contributed by atoms with Crippen molar-refractivity contribution in [3.8, 4) is 0 Å². The molecule has 0 spiro atoms. The van der Waals surface area contributed by atoms with E-state index in [2.05, 4.69) is 0 Å². The molecule has 0 saturated carbocycles. The third-order valence-corrected chi connectivity index (χ3v) is 11.7. The van der Waals surface area contributed by atoms with Crippen LogP contribution < -0.4 is 0 Å². The van der Waals surface area contributed by atoms with Crippen LogP contribution in [0.5, 0.6) is 0 Å². The van der Waals surface area contributed by atoms with Crippen LogP contribution in [-0.2, 0) is 29.6 Å². The van der Waals surface area contributed by atoms with E-state index in [0.29, 0.717) is 0 Å². The number of carbonyl (C=O) groups excluding carboxylic acids is 2. The first kappa shape index (κ1) is 45.7. The van der Waals surface area contributed by atoms with Crippen molar-refractivity contribution in [1.82, 2.24) is 18.4 Å². The minimum absolute atomic E-state index is 0.191. The number of carbonyl (C=O) groups is 2. The van der Waals surface area contributed by atoms with Gasteiger partial charge in [0.15, 0.2) is 0 Å². The number of unbranched alkanes of at least 4 members (excludes halogenated alkanes) is 1. The van der Waals surface area contributed by atoms with Crippen LogP contribution in [0.1, 0.15) is 25.7 Å². The molecule has 0 radical (unpaired) electrons. The van der Waals surface area contributed by atoms with Crippen molar-refractivity contribution < 1.29 is 105 Å². The average Bonchev–Trinajstić information content (AvgIpc) is 3.01. The third-order valence-electron chi connectivity index (χ3n) is 7.77. The zero-order valence-corrected chi connectivity index (χ0v) is 27.0. The van der Waals surface area contributed by atoms with E-state index in [1.54, 1.807) is 0 Å². The highest BCUT2D eigenvalue weighted by Gasteiger charge is 2.87. The second-order valence-corrected chi connectivity index (χ2v) is 15.1. The molecule has 0 aromatic heterocycles. The lowest BCUT2D eigenvalue weighted by molar-refractivity contribution is -0.382. The quantitative estimate of drug-likeness (QED) is 0.201. The van der Waals surface area contributed by atoms with Gasteiger partial charge in [-0.15, -0.1) is 0 Å². The van der Waals surface area contributed by atoms with Crippen LogP contribution in [0.3, 0.4) is 0 Å². The van der Waals surface area contributed by atoms with Crippen molar-refractivity contribution >= 4 is 31.9 Å². The Balaban J connectivity index is 1.90. The minimum atomic E-state index is -7.48. The summed E-state index contributed by atoms with van der Waals surface area (Å²) in [5.41, 5.74) is 0. The average molecular weight is 847 g/mol. The largest absolute Gasteiger partial charge is 0.460 e. The molecule has 10 nitrogen and oxygen atoms in total. The van der Waals surface area contributed by atoms with E-state index in [4.69, 9.17) is 0 Å². The molecule has 2 aliphatic heterocycles. The summed E-state index contributed by atoms with van der Waals surface area (Å²) in [6.07, 6.45) is -15.9. The van der Waals surface area contributed by atoms with Gasteiger partial charge in [-0.2, -0.15) is 87.6 Å². The number of nitrogens with zero attached hydrogens (tertiary/aromatic N) is 4. The minimum Gasteiger partial charge on any atom is -0.340 e. The Hall–Kier alpha value is -2.50. The van der Waals surface area contributed by atoms with Gasteiger partial charge in [0.05, 0.1) is 0 Å². The van der Waals surface area contributed by atoms with Gasteiger partial charge in [0.2, 0.25) is 11.8 Å². The van der Waals surface area contributed by atoms with Gasteiger partial charge >= 0.3 is 46.6 Å². The molecule has 52 heavy (non-hydrogen) atoms. The first-order valence-corrected chi connectivity index (χ1v) is 16.8. The van der Waals surface area contributed by atoms with Crippen LogP contribution in [0.25, 0.3) is 0 Å². The van der Waals surface area contributed by atoms with Crippen LogP contribution in [0.2, 0.25) is 0 Å². The second kappa shape index (κ2) is 14.3. The van der Waals surface area contributed by atoms with Crippen LogP contribution in [-0.4, -0.2) is 146 Å². The highest BCUT2D eigenvalue weighted by Crippen LogP contribution is 2.56. The van der Waals surface area contributed by atoms with Gasteiger partial charge in [-0.05, 0) is 12.8 Å². The van der Waals surface area contributed by atoms with E-state index in [0.717, 1.165) is 9.80 Å². The van der Waals surface area contributed by atoms with E-state index in [-0.39, 0.29) is 12.8 Å². The fraction of sp³-hybridized carbons (Fsp3) is 0.909. The Labute approximate surface area is 280 Å². The number of piperazine rings is 2. The molecule has 0 aromatic rings. The fourth-order valence-corrected chi connectivity index (χ4v) is 7.44. The van der Waals surface area contributed by atoms with E-state index in [1.807, 2.05) is 0 Å². The normalized spacial score (nSPS) is 19.3. The predicted octanol–water partition coefficient (Wildman–Crippen LogP) is 4.35. The number of hydrogen-bond acceptors (Lipinski definition) is 6. The van der Waals surface area contributed by atoms with E-state index >= 15 is 0 Å². The van der Waals surface area contributed by atoms with Crippen molar-refractivity contribution in [2.45, 2.75) is 72.2 Å².